The molecular weight excluding hydrogens is 372 g/mol. The van der Waals surface area contributed by atoms with E-state index in [0.29, 0.717) is 6.61 Å². The second-order valence-corrected chi connectivity index (χ2v) is 10.2. The highest BCUT2D eigenvalue weighted by molar-refractivity contribution is 8.18. The molecule has 0 aromatic heterocycles. The summed E-state index contributed by atoms with van der Waals surface area (Å²) in [5.74, 6) is 0.226. The minimum atomic E-state index is -0.175. The number of hydrogen-bond acceptors (Lipinski definition) is 4. The molecule has 1 heterocycles. The van der Waals surface area contributed by atoms with Crippen molar-refractivity contribution in [3.63, 3.8) is 0 Å². The second kappa shape index (κ2) is 7.76. The van der Waals surface area contributed by atoms with Crippen molar-refractivity contribution in [3.05, 3.63) is 71.8 Å². The van der Waals surface area contributed by atoms with Gasteiger partial charge in [-0.05, 0) is 56.5 Å². The molecule has 0 bridgehead atoms. The third-order valence-corrected chi connectivity index (χ3v) is 8.64. The van der Waals surface area contributed by atoms with Crippen molar-refractivity contribution < 1.29 is 9.53 Å². The topological polar surface area (TPSA) is 26.3 Å². The highest BCUT2D eigenvalue weighted by atomic mass is 32.2. The number of ether oxygens (including phenoxy) is 1. The molecular formula is C23H24O2S2. The lowest BCUT2D eigenvalue weighted by Crippen LogP contribution is -2.38. The van der Waals surface area contributed by atoms with Gasteiger partial charge in [-0.25, -0.2) is 0 Å². The molecule has 2 fully saturated rings. The number of esters is 1. The zero-order chi connectivity index (χ0) is 18.9. The summed E-state index contributed by atoms with van der Waals surface area (Å²) in [6, 6.07) is 21.2. The van der Waals surface area contributed by atoms with Crippen molar-refractivity contribution in [2.24, 2.45) is 11.8 Å². The van der Waals surface area contributed by atoms with Gasteiger partial charge in [-0.1, -0.05) is 42.0 Å². The molecule has 4 heteroatoms. The molecule has 2 nitrogen and oxygen atoms in total. The average Bonchev–Trinajstić information content (AvgIpc) is 2.99. The Labute approximate surface area is 169 Å². The largest absolute Gasteiger partial charge is 0.465 e. The van der Waals surface area contributed by atoms with Crippen LogP contribution in [-0.2, 0) is 9.53 Å². The number of thioether (sulfide) groups is 2. The molecule has 2 aromatic rings. The summed E-state index contributed by atoms with van der Waals surface area (Å²) in [5.41, 5.74) is 2.73. The lowest BCUT2D eigenvalue weighted by Gasteiger charge is -2.39. The zero-order valence-electron chi connectivity index (χ0n) is 15.7. The van der Waals surface area contributed by atoms with Crippen LogP contribution in [0, 0.1) is 11.8 Å². The highest BCUT2D eigenvalue weighted by Gasteiger charge is 2.57. The van der Waals surface area contributed by atoms with Gasteiger partial charge in [0.1, 0.15) is 0 Å². The van der Waals surface area contributed by atoms with Crippen molar-refractivity contribution in [1.82, 2.24) is 0 Å². The highest BCUT2D eigenvalue weighted by Crippen LogP contribution is 2.64. The maximum absolute atomic E-state index is 12.6. The van der Waals surface area contributed by atoms with Crippen LogP contribution >= 0.6 is 23.5 Å². The Balaban J connectivity index is 1.84. The van der Waals surface area contributed by atoms with Gasteiger partial charge in [0.25, 0.3) is 0 Å². The Morgan fingerprint density at radius 3 is 2.04 bits per heavy atom. The predicted octanol–water partition coefficient (Wildman–Crippen LogP) is 6.19. The molecule has 2 atom stereocenters. The maximum atomic E-state index is 12.6. The molecule has 1 saturated carbocycles. The summed E-state index contributed by atoms with van der Waals surface area (Å²) < 4.78 is 5.26. The first-order valence-corrected chi connectivity index (χ1v) is 11.0. The molecule has 0 spiro atoms. The van der Waals surface area contributed by atoms with E-state index in [2.05, 4.69) is 74.5 Å². The van der Waals surface area contributed by atoms with Crippen molar-refractivity contribution in [2.75, 3.05) is 6.61 Å². The maximum Gasteiger partial charge on any atom is 0.309 e. The molecule has 0 N–H and O–H groups in total. The summed E-state index contributed by atoms with van der Waals surface area (Å²) >= 11 is 3.83. The molecule has 1 saturated heterocycles. The van der Waals surface area contributed by atoms with Crippen LogP contribution in [0.15, 0.2) is 81.6 Å². The number of fused-ring (bicyclic) bond motifs is 1. The number of benzene rings is 2. The third kappa shape index (κ3) is 3.57. The van der Waals surface area contributed by atoms with Gasteiger partial charge in [0.05, 0.1) is 16.6 Å². The lowest BCUT2D eigenvalue weighted by atomic mass is 9.91. The molecule has 0 amide bonds. The van der Waals surface area contributed by atoms with E-state index >= 15 is 0 Å². The van der Waals surface area contributed by atoms with Crippen LogP contribution in [0.5, 0.6) is 0 Å². The minimum Gasteiger partial charge on any atom is -0.465 e. The molecule has 1 aliphatic carbocycles. The Hall–Kier alpha value is -1.65. The van der Waals surface area contributed by atoms with E-state index in [1.807, 2.05) is 23.5 Å². The molecule has 2 aliphatic rings. The average molecular weight is 397 g/mol. The number of rotatable bonds is 4. The molecule has 140 valence electrons. The van der Waals surface area contributed by atoms with E-state index in [-0.39, 0.29) is 21.9 Å². The summed E-state index contributed by atoms with van der Waals surface area (Å²) in [5, 5.41) is 0. The fourth-order valence-electron chi connectivity index (χ4n) is 4.20. The van der Waals surface area contributed by atoms with Crippen molar-refractivity contribution in [2.45, 2.75) is 40.6 Å². The smallest absolute Gasteiger partial charge is 0.309 e. The first-order valence-electron chi connectivity index (χ1n) is 9.42. The predicted molar refractivity (Wildman–Crippen MR) is 113 cm³/mol. The molecule has 1 aliphatic heterocycles. The summed E-state index contributed by atoms with van der Waals surface area (Å²) in [4.78, 5) is 15.1. The van der Waals surface area contributed by atoms with E-state index in [0.717, 1.165) is 12.8 Å². The standard InChI is InChI=1S/C23H24O2S2/c1-16(2)21-15-19-20(13-14-25-22(19)24)23(21,26-17-9-5-3-6-10-17)27-18-11-7-4-8-12-18/h3-12,19-20H,13-15H2,1-2H3/t19-,20+/m1/s1. The Bertz CT molecular complexity index is 800. The number of cyclic esters (lactones) is 1. The van der Waals surface area contributed by atoms with Gasteiger partial charge in [0.2, 0.25) is 0 Å². The number of hydrogen-bond donors (Lipinski definition) is 0. The Morgan fingerprint density at radius 2 is 1.52 bits per heavy atom. The van der Waals surface area contributed by atoms with Gasteiger partial charge in [-0.3, -0.25) is 4.79 Å². The Kier molecular flexibility index (Phi) is 5.38. The molecule has 4 rings (SSSR count). The number of carbonyl (C=O) groups is 1. The molecule has 0 radical (unpaired) electrons. The SMILES string of the molecule is CC(C)=C1C[C@H]2C(=O)OCC[C@@H]2C1(Sc1ccccc1)Sc1ccccc1. The second-order valence-electron chi connectivity index (χ2n) is 7.35. The summed E-state index contributed by atoms with van der Waals surface area (Å²) in [6.07, 6.45) is 1.73. The fraction of sp³-hybridized carbons (Fsp3) is 0.348. The minimum absolute atomic E-state index is 0.0193. The summed E-state index contributed by atoms with van der Waals surface area (Å²) in [7, 11) is 0. The summed E-state index contributed by atoms with van der Waals surface area (Å²) in [6.45, 7) is 4.90. The van der Waals surface area contributed by atoms with E-state index in [1.165, 1.54) is 20.9 Å². The quantitative estimate of drug-likeness (QED) is 0.350. The van der Waals surface area contributed by atoms with Crippen LogP contribution < -0.4 is 0 Å². The van der Waals surface area contributed by atoms with E-state index < -0.39 is 0 Å². The first kappa shape index (κ1) is 18.7. The monoisotopic (exact) mass is 396 g/mol. The van der Waals surface area contributed by atoms with Gasteiger partial charge < -0.3 is 4.74 Å². The van der Waals surface area contributed by atoms with Crippen molar-refractivity contribution in [3.8, 4) is 0 Å². The van der Waals surface area contributed by atoms with Crippen LogP contribution in [-0.4, -0.2) is 16.7 Å². The van der Waals surface area contributed by atoms with Gasteiger partial charge >= 0.3 is 5.97 Å². The lowest BCUT2D eigenvalue weighted by molar-refractivity contribution is -0.155. The van der Waals surface area contributed by atoms with Crippen molar-refractivity contribution >= 4 is 29.5 Å². The van der Waals surface area contributed by atoms with Gasteiger partial charge in [-0.15, -0.1) is 23.5 Å². The van der Waals surface area contributed by atoms with Gasteiger partial charge in [0.15, 0.2) is 0 Å². The third-order valence-electron chi connectivity index (χ3n) is 5.42. The molecule has 27 heavy (non-hydrogen) atoms. The van der Waals surface area contributed by atoms with E-state index in [1.54, 1.807) is 0 Å². The Morgan fingerprint density at radius 1 is 0.963 bits per heavy atom. The van der Waals surface area contributed by atoms with Gasteiger partial charge in [0, 0.05) is 15.7 Å². The normalized spacial score (nSPS) is 23.6. The van der Waals surface area contributed by atoms with Crippen LogP contribution in [0.1, 0.15) is 26.7 Å². The van der Waals surface area contributed by atoms with E-state index in [4.69, 9.17) is 4.74 Å². The number of allylic oxidation sites excluding steroid dienone is 1. The van der Waals surface area contributed by atoms with Crippen LogP contribution in [0.3, 0.4) is 0 Å². The van der Waals surface area contributed by atoms with Crippen LogP contribution in [0.2, 0.25) is 0 Å². The number of carbonyl (C=O) groups excluding carboxylic acids is 1. The molecule has 0 unspecified atom stereocenters. The van der Waals surface area contributed by atoms with E-state index in [9.17, 15) is 4.79 Å². The van der Waals surface area contributed by atoms with Crippen LogP contribution in [0.4, 0.5) is 0 Å². The molecule has 2 aromatic carbocycles. The van der Waals surface area contributed by atoms with Crippen molar-refractivity contribution in [1.29, 1.82) is 0 Å². The first-order chi connectivity index (χ1) is 13.1. The zero-order valence-corrected chi connectivity index (χ0v) is 17.3. The van der Waals surface area contributed by atoms with Gasteiger partial charge in [-0.2, -0.15) is 0 Å². The van der Waals surface area contributed by atoms with Crippen LogP contribution in [0.25, 0.3) is 0 Å². The fourth-order valence-corrected chi connectivity index (χ4v) is 7.92.